The summed E-state index contributed by atoms with van der Waals surface area (Å²) < 4.78 is 5.59. The second-order valence-electron chi connectivity index (χ2n) is 7.42. The molecule has 0 saturated heterocycles. The van der Waals surface area contributed by atoms with E-state index in [1.54, 1.807) is 0 Å². The predicted molar refractivity (Wildman–Crippen MR) is 117 cm³/mol. The molecular formula is C22H38N4O2. The van der Waals surface area contributed by atoms with Crippen LogP contribution in [0.2, 0.25) is 0 Å². The van der Waals surface area contributed by atoms with Gasteiger partial charge in [0.05, 0.1) is 6.54 Å². The zero-order chi connectivity index (χ0) is 20.8. The molecule has 1 rings (SSSR count). The average Bonchev–Trinajstić information content (AvgIpc) is 2.68. The molecule has 0 saturated carbocycles. The van der Waals surface area contributed by atoms with Crippen LogP contribution in [0.25, 0.3) is 0 Å². The van der Waals surface area contributed by atoms with Crippen LogP contribution in [-0.2, 0) is 11.3 Å². The van der Waals surface area contributed by atoms with E-state index in [2.05, 4.69) is 41.7 Å². The van der Waals surface area contributed by atoms with E-state index in [-0.39, 0.29) is 11.9 Å². The van der Waals surface area contributed by atoms with Crippen LogP contribution < -0.4 is 16.0 Å². The van der Waals surface area contributed by atoms with Gasteiger partial charge in [0.25, 0.3) is 5.91 Å². The highest BCUT2D eigenvalue weighted by molar-refractivity contribution is 5.94. The van der Waals surface area contributed by atoms with Crippen molar-refractivity contribution in [2.75, 3.05) is 26.3 Å². The molecule has 158 valence electrons. The largest absolute Gasteiger partial charge is 0.381 e. The van der Waals surface area contributed by atoms with Gasteiger partial charge in [0.2, 0.25) is 0 Å². The van der Waals surface area contributed by atoms with Gasteiger partial charge >= 0.3 is 0 Å². The Bertz CT molecular complexity index is 585. The zero-order valence-electron chi connectivity index (χ0n) is 18.2. The third-order valence-electron chi connectivity index (χ3n) is 4.18. The van der Waals surface area contributed by atoms with Gasteiger partial charge in [0, 0.05) is 37.9 Å². The molecule has 0 spiro atoms. The van der Waals surface area contributed by atoms with Crippen LogP contribution in [0.1, 0.15) is 63.4 Å². The van der Waals surface area contributed by atoms with Crippen molar-refractivity contribution in [3.63, 3.8) is 0 Å². The molecule has 0 bridgehead atoms. The van der Waals surface area contributed by atoms with E-state index >= 15 is 0 Å². The first-order valence-electron chi connectivity index (χ1n) is 10.5. The van der Waals surface area contributed by atoms with Crippen LogP contribution in [0.4, 0.5) is 0 Å². The molecule has 1 atom stereocenters. The monoisotopic (exact) mass is 390 g/mol. The van der Waals surface area contributed by atoms with Gasteiger partial charge in [0.1, 0.15) is 0 Å². The summed E-state index contributed by atoms with van der Waals surface area (Å²) in [6.07, 6.45) is 1.86. The van der Waals surface area contributed by atoms with Gasteiger partial charge in [-0.25, -0.2) is 4.99 Å². The summed E-state index contributed by atoms with van der Waals surface area (Å²) in [5, 5.41) is 9.56. The number of carbonyl (C=O) groups excluding carboxylic acids is 1. The van der Waals surface area contributed by atoms with E-state index in [1.807, 2.05) is 38.1 Å². The number of guanidine groups is 1. The minimum Gasteiger partial charge on any atom is -0.381 e. The maximum Gasteiger partial charge on any atom is 0.251 e. The fraction of sp³-hybridized carbons (Fsp3) is 0.636. The lowest BCUT2D eigenvalue weighted by atomic mass is 10.1. The average molecular weight is 391 g/mol. The lowest BCUT2D eigenvalue weighted by molar-refractivity contribution is 0.0939. The molecule has 0 fully saturated rings. The van der Waals surface area contributed by atoms with Crippen LogP contribution >= 0.6 is 0 Å². The van der Waals surface area contributed by atoms with Gasteiger partial charge in [-0.15, -0.1) is 0 Å². The molecule has 1 aromatic carbocycles. The maximum absolute atomic E-state index is 12.1. The van der Waals surface area contributed by atoms with Crippen molar-refractivity contribution in [1.29, 1.82) is 0 Å². The Morgan fingerprint density at radius 3 is 2.43 bits per heavy atom. The number of ether oxygens (including phenoxy) is 1. The van der Waals surface area contributed by atoms with Gasteiger partial charge in [-0.1, -0.05) is 32.9 Å². The van der Waals surface area contributed by atoms with E-state index in [0.29, 0.717) is 18.0 Å². The van der Waals surface area contributed by atoms with Crippen molar-refractivity contribution in [1.82, 2.24) is 16.0 Å². The van der Waals surface area contributed by atoms with Crippen LogP contribution in [0, 0.1) is 5.92 Å². The lowest BCUT2D eigenvalue weighted by Gasteiger charge is -2.12. The number of amides is 1. The Kier molecular flexibility index (Phi) is 12.0. The minimum atomic E-state index is -0.0286. The first kappa shape index (κ1) is 24.0. The molecule has 6 nitrogen and oxygen atoms in total. The van der Waals surface area contributed by atoms with E-state index < -0.39 is 0 Å². The van der Waals surface area contributed by atoms with Crippen molar-refractivity contribution in [3.8, 4) is 0 Å². The molecule has 0 aromatic heterocycles. The lowest BCUT2D eigenvalue weighted by Crippen LogP contribution is -2.38. The first-order chi connectivity index (χ1) is 13.5. The van der Waals surface area contributed by atoms with Crippen LogP contribution in [0.5, 0.6) is 0 Å². The summed E-state index contributed by atoms with van der Waals surface area (Å²) in [7, 11) is 0. The Labute approximate surface area is 170 Å². The van der Waals surface area contributed by atoms with Gasteiger partial charge in [-0.2, -0.15) is 0 Å². The van der Waals surface area contributed by atoms with Crippen molar-refractivity contribution >= 4 is 11.9 Å². The van der Waals surface area contributed by atoms with Gasteiger partial charge in [-0.05, 0) is 50.3 Å². The summed E-state index contributed by atoms with van der Waals surface area (Å²) in [5.74, 6) is 1.34. The minimum absolute atomic E-state index is 0.0286. The molecule has 28 heavy (non-hydrogen) atoms. The molecule has 1 unspecified atom stereocenters. The van der Waals surface area contributed by atoms with Crippen molar-refractivity contribution < 1.29 is 9.53 Å². The topological polar surface area (TPSA) is 74.8 Å². The quantitative estimate of drug-likeness (QED) is 0.291. The molecule has 6 heteroatoms. The number of nitrogens with one attached hydrogen (secondary N) is 3. The second kappa shape index (κ2) is 14.0. The summed E-state index contributed by atoms with van der Waals surface area (Å²) in [4.78, 5) is 16.8. The number of nitrogens with zero attached hydrogens (tertiary/aromatic N) is 1. The van der Waals surface area contributed by atoms with Crippen LogP contribution in [-0.4, -0.2) is 44.2 Å². The van der Waals surface area contributed by atoms with Gasteiger partial charge in [-0.3, -0.25) is 4.79 Å². The highest BCUT2D eigenvalue weighted by Gasteiger charge is 2.08. The number of benzene rings is 1. The van der Waals surface area contributed by atoms with Crippen molar-refractivity contribution in [2.24, 2.45) is 10.9 Å². The number of rotatable bonds is 12. The van der Waals surface area contributed by atoms with E-state index in [1.165, 1.54) is 0 Å². The molecule has 0 aliphatic rings. The zero-order valence-corrected chi connectivity index (χ0v) is 18.2. The van der Waals surface area contributed by atoms with Gasteiger partial charge < -0.3 is 20.7 Å². The molecule has 0 radical (unpaired) electrons. The fourth-order valence-electron chi connectivity index (χ4n) is 2.38. The van der Waals surface area contributed by atoms with Crippen molar-refractivity contribution in [2.45, 2.75) is 60.0 Å². The van der Waals surface area contributed by atoms with Gasteiger partial charge in [0.15, 0.2) is 5.96 Å². The summed E-state index contributed by atoms with van der Waals surface area (Å²) in [5.41, 5.74) is 1.75. The second-order valence-corrected chi connectivity index (χ2v) is 7.42. The molecular weight excluding hydrogens is 352 g/mol. The number of hydrogen-bond acceptors (Lipinski definition) is 3. The Morgan fingerprint density at radius 1 is 1.11 bits per heavy atom. The standard InChI is InChI=1S/C22H38N4O2/c1-6-18(5)26-21(27)20-11-9-19(10-12-20)15-25-22(23-7-2)24-13-8-14-28-16-17(3)4/h9-12,17-18H,6-8,13-16H2,1-5H3,(H,26,27)(H2,23,24,25). The predicted octanol–water partition coefficient (Wildman–Crippen LogP) is 3.33. The Balaban J connectivity index is 2.47. The smallest absolute Gasteiger partial charge is 0.251 e. The van der Waals surface area contributed by atoms with E-state index in [9.17, 15) is 4.79 Å². The number of hydrogen-bond donors (Lipinski definition) is 3. The summed E-state index contributed by atoms with van der Waals surface area (Å²) in [6, 6.07) is 7.81. The van der Waals surface area contributed by atoms with Crippen LogP contribution in [0.3, 0.4) is 0 Å². The fourth-order valence-corrected chi connectivity index (χ4v) is 2.38. The number of aliphatic imine (C=N–C) groups is 1. The highest BCUT2D eigenvalue weighted by Crippen LogP contribution is 2.06. The van der Waals surface area contributed by atoms with E-state index in [4.69, 9.17) is 4.74 Å². The van der Waals surface area contributed by atoms with Crippen LogP contribution in [0.15, 0.2) is 29.3 Å². The Hall–Kier alpha value is -2.08. The molecule has 1 amide bonds. The third kappa shape index (κ3) is 10.3. The molecule has 0 aliphatic heterocycles. The number of carbonyl (C=O) groups is 1. The summed E-state index contributed by atoms with van der Waals surface area (Å²) >= 11 is 0. The maximum atomic E-state index is 12.1. The molecule has 1 aromatic rings. The molecule has 3 N–H and O–H groups in total. The Morgan fingerprint density at radius 2 is 1.82 bits per heavy atom. The SMILES string of the molecule is CCNC(=NCc1ccc(C(=O)NC(C)CC)cc1)NCCCOCC(C)C. The van der Waals surface area contributed by atoms with Crippen molar-refractivity contribution in [3.05, 3.63) is 35.4 Å². The van der Waals surface area contributed by atoms with E-state index in [0.717, 1.165) is 50.7 Å². The summed E-state index contributed by atoms with van der Waals surface area (Å²) in [6.45, 7) is 14.2. The molecule has 0 heterocycles. The third-order valence-corrected chi connectivity index (χ3v) is 4.18. The highest BCUT2D eigenvalue weighted by atomic mass is 16.5. The molecule has 0 aliphatic carbocycles. The normalized spacial score (nSPS) is 12.7. The first-order valence-corrected chi connectivity index (χ1v) is 10.5.